The first kappa shape index (κ1) is 11.2. The number of aliphatic hydroxyl groups is 1. The van der Waals surface area contributed by atoms with Crippen molar-refractivity contribution in [3.8, 4) is 6.07 Å². The second kappa shape index (κ2) is 6.91. The smallest absolute Gasteiger partial charge is 0.170 e. The van der Waals surface area contributed by atoms with Crippen molar-refractivity contribution < 1.29 is 9.84 Å². The molecular weight excluding hydrogens is 174 g/mol. The molecule has 2 atom stereocenters. The molecule has 0 bridgehead atoms. The standard InChI is InChI=1S/C6H9N5O2/c1-13-4-9-5(2-7)6(12)3-10-11-8/h4-6,12H,3H2,1H3/t5-,6-/m1/s1. The quantitative estimate of drug-likeness (QED) is 0.216. The Labute approximate surface area is 74.9 Å². The first-order valence-corrected chi connectivity index (χ1v) is 3.39. The summed E-state index contributed by atoms with van der Waals surface area (Å²) in [4.78, 5) is 6.02. The van der Waals surface area contributed by atoms with E-state index >= 15 is 0 Å². The Morgan fingerprint density at radius 2 is 2.54 bits per heavy atom. The molecule has 1 N–H and O–H groups in total. The van der Waals surface area contributed by atoms with Gasteiger partial charge in [-0.15, -0.1) is 0 Å². The van der Waals surface area contributed by atoms with Crippen molar-refractivity contribution in [1.82, 2.24) is 0 Å². The lowest BCUT2D eigenvalue weighted by molar-refractivity contribution is 0.171. The second-order valence-electron chi connectivity index (χ2n) is 2.04. The molecule has 0 amide bonds. The van der Waals surface area contributed by atoms with Crippen molar-refractivity contribution in [2.75, 3.05) is 13.7 Å². The molecule has 0 saturated heterocycles. The molecule has 0 unspecified atom stereocenters. The summed E-state index contributed by atoms with van der Waals surface area (Å²) in [5, 5.41) is 20.8. The van der Waals surface area contributed by atoms with E-state index in [0.29, 0.717) is 0 Å². The third-order valence-corrected chi connectivity index (χ3v) is 1.16. The lowest BCUT2D eigenvalue weighted by Gasteiger charge is -2.08. The lowest BCUT2D eigenvalue weighted by Crippen LogP contribution is -2.25. The van der Waals surface area contributed by atoms with Gasteiger partial charge in [0.15, 0.2) is 12.4 Å². The molecule has 0 fully saturated rings. The lowest BCUT2D eigenvalue weighted by atomic mass is 10.2. The monoisotopic (exact) mass is 183 g/mol. The summed E-state index contributed by atoms with van der Waals surface area (Å²) in [5.41, 5.74) is 7.95. The van der Waals surface area contributed by atoms with Gasteiger partial charge in [-0.1, -0.05) is 5.11 Å². The maximum absolute atomic E-state index is 9.21. The van der Waals surface area contributed by atoms with Gasteiger partial charge in [0.1, 0.15) is 0 Å². The van der Waals surface area contributed by atoms with Crippen molar-refractivity contribution >= 4 is 6.40 Å². The molecule has 7 heteroatoms. The second-order valence-corrected chi connectivity index (χ2v) is 2.04. The molecule has 0 heterocycles. The van der Waals surface area contributed by atoms with E-state index in [1.54, 1.807) is 6.07 Å². The number of ether oxygens (including phenoxy) is 1. The number of aliphatic imine (C=N–C) groups is 1. The number of aliphatic hydroxyl groups excluding tert-OH is 1. The highest BCUT2D eigenvalue weighted by Crippen LogP contribution is 1.98. The molecule has 0 aromatic heterocycles. The predicted molar refractivity (Wildman–Crippen MR) is 44.9 cm³/mol. The third kappa shape index (κ3) is 4.63. The van der Waals surface area contributed by atoms with Crippen LogP contribution in [0.15, 0.2) is 10.1 Å². The van der Waals surface area contributed by atoms with Gasteiger partial charge in [-0.2, -0.15) is 5.26 Å². The van der Waals surface area contributed by atoms with E-state index < -0.39 is 12.1 Å². The minimum absolute atomic E-state index is 0.185. The number of azide groups is 1. The molecule has 0 saturated carbocycles. The van der Waals surface area contributed by atoms with Gasteiger partial charge in [0.25, 0.3) is 0 Å². The molecule has 7 nitrogen and oxygen atoms in total. The molecule has 0 aliphatic carbocycles. The molecule has 70 valence electrons. The van der Waals surface area contributed by atoms with Crippen LogP contribution in [0.3, 0.4) is 0 Å². The minimum Gasteiger partial charge on any atom is -0.487 e. The minimum atomic E-state index is -1.10. The normalized spacial score (nSPS) is 14.2. The molecule has 0 radical (unpaired) electrons. The molecule has 0 rings (SSSR count). The summed E-state index contributed by atoms with van der Waals surface area (Å²) in [6, 6.07) is 0.767. The molecule has 13 heavy (non-hydrogen) atoms. The summed E-state index contributed by atoms with van der Waals surface area (Å²) < 4.78 is 4.47. The zero-order valence-electron chi connectivity index (χ0n) is 7.03. The van der Waals surface area contributed by atoms with Crippen LogP contribution in [0.2, 0.25) is 0 Å². The van der Waals surface area contributed by atoms with Crippen molar-refractivity contribution in [2.45, 2.75) is 12.1 Å². The topological polar surface area (TPSA) is 114 Å². The van der Waals surface area contributed by atoms with Crippen LogP contribution in [0.1, 0.15) is 0 Å². The van der Waals surface area contributed by atoms with Crippen molar-refractivity contribution in [1.29, 1.82) is 5.26 Å². The Morgan fingerprint density at radius 3 is 3.00 bits per heavy atom. The number of nitriles is 1. The Morgan fingerprint density at radius 1 is 1.85 bits per heavy atom. The molecule has 0 aromatic rings. The fourth-order valence-electron chi connectivity index (χ4n) is 0.565. The van der Waals surface area contributed by atoms with Crippen molar-refractivity contribution in [2.24, 2.45) is 10.1 Å². The first-order chi connectivity index (χ1) is 6.26. The highest BCUT2D eigenvalue weighted by atomic mass is 16.5. The zero-order chi connectivity index (χ0) is 10.1. The average molecular weight is 183 g/mol. The predicted octanol–water partition coefficient (Wildman–Crippen LogP) is 0.224. The fourth-order valence-corrected chi connectivity index (χ4v) is 0.565. The Balaban J connectivity index is 4.15. The zero-order valence-corrected chi connectivity index (χ0v) is 7.03. The van der Waals surface area contributed by atoms with E-state index in [1.165, 1.54) is 7.11 Å². The van der Waals surface area contributed by atoms with Gasteiger partial charge >= 0.3 is 0 Å². The van der Waals surface area contributed by atoms with E-state index in [-0.39, 0.29) is 6.54 Å². The van der Waals surface area contributed by atoms with E-state index in [4.69, 9.17) is 10.8 Å². The number of nitrogens with zero attached hydrogens (tertiary/aromatic N) is 5. The summed E-state index contributed by atoms with van der Waals surface area (Å²) in [7, 11) is 1.37. The van der Waals surface area contributed by atoms with E-state index in [2.05, 4.69) is 19.8 Å². The largest absolute Gasteiger partial charge is 0.487 e. The molecular formula is C6H9N5O2. The fraction of sp³-hybridized carbons (Fsp3) is 0.667. The first-order valence-electron chi connectivity index (χ1n) is 3.39. The van der Waals surface area contributed by atoms with E-state index in [9.17, 15) is 5.11 Å². The Hall–Kier alpha value is -1.77. The summed E-state index contributed by atoms with van der Waals surface area (Å²) in [5.74, 6) is 0. The van der Waals surface area contributed by atoms with E-state index in [1.807, 2.05) is 0 Å². The van der Waals surface area contributed by atoms with Crippen LogP contribution >= 0.6 is 0 Å². The maximum Gasteiger partial charge on any atom is 0.170 e. The van der Waals surface area contributed by atoms with Crippen molar-refractivity contribution in [3.63, 3.8) is 0 Å². The third-order valence-electron chi connectivity index (χ3n) is 1.16. The van der Waals surface area contributed by atoms with Gasteiger partial charge < -0.3 is 9.84 Å². The van der Waals surface area contributed by atoms with Crippen LogP contribution in [-0.4, -0.2) is 37.3 Å². The SMILES string of the molecule is COC=N[C@H](C#N)[C@H](O)CN=[N+]=[N-]. The molecule has 0 aliphatic heterocycles. The number of hydrogen-bond acceptors (Lipinski definition) is 5. The van der Waals surface area contributed by atoms with Gasteiger partial charge in [0, 0.05) is 4.91 Å². The van der Waals surface area contributed by atoms with Gasteiger partial charge in [-0.25, -0.2) is 4.99 Å². The Bertz CT molecular complexity index is 252. The summed E-state index contributed by atoms with van der Waals surface area (Å²) >= 11 is 0. The number of hydrogen-bond donors (Lipinski definition) is 1. The number of methoxy groups -OCH3 is 1. The van der Waals surface area contributed by atoms with Crippen LogP contribution in [0.5, 0.6) is 0 Å². The van der Waals surface area contributed by atoms with Crippen LogP contribution in [0.25, 0.3) is 10.4 Å². The van der Waals surface area contributed by atoms with E-state index in [0.717, 1.165) is 6.40 Å². The highest BCUT2D eigenvalue weighted by molar-refractivity contribution is 5.47. The van der Waals surface area contributed by atoms with Crippen molar-refractivity contribution in [3.05, 3.63) is 10.4 Å². The Kier molecular flexibility index (Phi) is 5.97. The summed E-state index contributed by atoms with van der Waals surface area (Å²) in [6.07, 6.45) is -0.0555. The van der Waals surface area contributed by atoms with Gasteiger partial charge in [-0.05, 0) is 5.53 Å². The number of rotatable bonds is 5. The molecule has 0 spiro atoms. The van der Waals surface area contributed by atoms with Gasteiger partial charge in [0.05, 0.1) is 25.8 Å². The molecule has 0 aliphatic rings. The average Bonchev–Trinajstić information content (AvgIpc) is 2.16. The highest BCUT2D eigenvalue weighted by Gasteiger charge is 2.15. The van der Waals surface area contributed by atoms with Crippen LogP contribution < -0.4 is 0 Å². The van der Waals surface area contributed by atoms with Crippen LogP contribution in [0, 0.1) is 11.3 Å². The van der Waals surface area contributed by atoms with Gasteiger partial charge in [-0.3, -0.25) is 0 Å². The maximum atomic E-state index is 9.21. The summed E-state index contributed by atoms with van der Waals surface area (Å²) in [6.45, 7) is -0.185. The van der Waals surface area contributed by atoms with Crippen LogP contribution in [-0.2, 0) is 4.74 Å². The van der Waals surface area contributed by atoms with Gasteiger partial charge in [0.2, 0.25) is 0 Å². The molecule has 0 aromatic carbocycles. The van der Waals surface area contributed by atoms with Crippen LogP contribution in [0.4, 0.5) is 0 Å².